The standard InChI is InChI=1S/C17H26O4/c1-5-12(3)11-15-14(13(6-2)16(18)19-4)7-8-17(15)20-9-10-21-17/h6,13-15H,2-3,5,7-11H2,1,4H3/t13?,14-,15-/m1/s1. The summed E-state index contributed by atoms with van der Waals surface area (Å²) in [4.78, 5) is 12.0. The molecule has 0 aromatic rings. The highest BCUT2D eigenvalue weighted by Crippen LogP contribution is 2.51. The molecule has 1 saturated carbocycles. The molecule has 0 aromatic carbocycles. The van der Waals surface area contributed by atoms with E-state index >= 15 is 0 Å². The molecule has 1 aliphatic carbocycles. The van der Waals surface area contributed by atoms with Gasteiger partial charge in [-0.3, -0.25) is 4.79 Å². The van der Waals surface area contributed by atoms with Gasteiger partial charge in [0.15, 0.2) is 5.79 Å². The molecule has 0 bridgehead atoms. The average Bonchev–Trinajstić information content (AvgIpc) is 3.10. The van der Waals surface area contributed by atoms with Gasteiger partial charge in [0.2, 0.25) is 0 Å². The van der Waals surface area contributed by atoms with E-state index < -0.39 is 5.79 Å². The fraction of sp³-hybridized carbons (Fsp3) is 0.706. The Morgan fingerprint density at radius 3 is 2.67 bits per heavy atom. The van der Waals surface area contributed by atoms with E-state index in [0.717, 1.165) is 31.3 Å². The molecule has 2 fully saturated rings. The summed E-state index contributed by atoms with van der Waals surface area (Å²) in [6.07, 6.45) is 5.15. The van der Waals surface area contributed by atoms with Crippen LogP contribution in [0.3, 0.4) is 0 Å². The van der Waals surface area contributed by atoms with E-state index in [0.29, 0.717) is 13.2 Å². The van der Waals surface area contributed by atoms with Crippen molar-refractivity contribution in [1.82, 2.24) is 0 Å². The van der Waals surface area contributed by atoms with Gasteiger partial charge in [-0.1, -0.05) is 25.2 Å². The number of allylic oxidation sites excluding steroid dienone is 1. The molecule has 4 nitrogen and oxygen atoms in total. The van der Waals surface area contributed by atoms with E-state index in [2.05, 4.69) is 20.1 Å². The van der Waals surface area contributed by atoms with Crippen molar-refractivity contribution in [1.29, 1.82) is 0 Å². The number of methoxy groups -OCH3 is 1. The summed E-state index contributed by atoms with van der Waals surface area (Å²) in [7, 11) is 1.42. The summed E-state index contributed by atoms with van der Waals surface area (Å²) in [6.45, 7) is 11.3. The number of esters is 1. The third kappa shape index (κ3) is 3.06. The summed E-state index contributed by atoms with van der Waals surface area (Å²) < 4.78 is 16.8. The predicted molar refractivity (Wildman–Crippen MR) is 80.6 cm³/mol. The van der Waals surface area contributed by atoms with Crippen LogP contribution < -0.4 is 0 Å². The van der Waals surface area contributed by atoms with E-state index in [4.69, 9.17) is 14.2 Å². The second kappa shape index (κ2) is 6.75. The molecular formula is C17H26O4. The predicted octanol–water partition coefficient (Wildman–Crippen LogP) is 3.09. The first-order valence-electron chi connectivity index (χ1n) is 7.73. The monoisotopic (exact) mass is 294 g/mol. The zero-order chi connectivity index (χ0) is 15.5. The van der Waals surface area contributed by atoms with Crippen LogP contribution in [0.2, 0.25) is 0 Å². The first-order chi connectivity index (χ1) is 10.1. The van der Waals surface area contributed by atoms with Crippen LogP contribution in [0.5, 0.6) is 0 Å². The Labute approximate surface area is 127 Å². The van der Waals surface area contributed by atoms with Crippen LogP contribution in [0.4, 0.5) is 0 Å². The minimum atomic E-state index is -0.544. The van der Waals surface area contributed by atoms with Crippen LogP contribution >= 0.6 is 0 Å². The molecule has 1 aliphatic heterocycles. The third-order valence-corrected chi connectivity index (χ3v) is 4.88. The van der Waals surface area contributed by atoms with Crippen molar-refractivity contribution in [3.8, 4) is 0 Å². The molecule has 0 amide bonds. The van der Waals surface area contributed by atoms with Gasteiger partial charge in [-0.15, -0.1) is 6.58 Å². The van der Waals surface area contributed by atoms with Crippen LogP contribution in [0.25, 0.3) is 0 Å². The molecular weight excluding hydrogens is 268 g/mol. The minimum Gasteiger partial charge on any atom is -0.469 e. The van der Waals surface area contributed by atoms with Crippen molar-refractivity contribution in [2.45, 2.75) is 38.4 Å². The van der Waals surface area contributed by atoms with Crippen molar-refractivity contribution >= 4 is 5.97 Å². The number of hydrogen-bond acceptors (Lipinski definition) is 4. The lowest BCUT2D eigenvalue weighted by Gasteiger charge is -2.34. The Morgan fingerprint density at radius 2 is 2.14 bits per heavy atom. The summed E-state index contributed by atoms with van der Waals surface area (Å²) in [6, 6.07) is 0. The Morgan fingerprint density at radius 1 is 1.48 bits per heavy atom. The molecule has 21 heavy (non-hydrogen) atoms. The second-order valence-electron chi connectivity index (χ2n) is 5.91. The maximum atomic E-state index is 12.0. The molecule has 3 atom stereocenters. The molecule has 2 aliphatic rings. The molecule has 1 unspecified atom stereocenters. The van der Waals surface area contributed by atoms with E-state index in [9.17, 15) is 4.79 Å². The average molecular weight is 294 g/mol. The first kappa shape index (κ1) is 16.2. The molecule has 118 valence electrons. The highest BCUT2D eigenvalue weighted by molar-refractivity contribution is 5.74. The van der Waals surface area contributed by atoms with Gasteiger partial charge in [0, 0.05) is 12.3 Å². The molecule has 1 saturated heterocycles. The zero-order valence-corrected chi connectivity index (χ0v) is 13.1. The van der Waals surface area contributed by atoms with Gasteiger partial charge in [0.1, 0.15) is 0 Å². The van der Waals surface area contributed by atoms with E-state index in [-0.39, 0.29) is 23.7 Å². The lowest BCUT2D eigenvalue weighted by atomic mass is 9.78. The Kier molecular flexibility index (Phi) is 5.22. The van der Waals surface area contributed by atoms with Gasteiger partial charge >= 0.3 is 5.97 Å². The summed E-state index contributed by atoms with van der Waals surface area (Å²) >= 11 is 0. The highest BCUT2D eigenvalue weighted by Gasteiger charge is 2.55. The number of hydrogen-bond donors (Lipinski definition) is 0. The van der Waals surface area contributed by atoms with Crippen molar-refractivity contribution in [3.63, 3.8) is 0 Å². The normalized spacial score (nSPS) is 28.5. The maximum absolute atomic E-state index is 12.0. The first-order valence-corrected chi connectivity index (χ1v) is 7.73. The van der Waals surface area contributed by atoms with Crippen molar-refractivity contribution < 1.29 is 19.0 Å². The van der Waals surface area contributed by atoms with Gasteiger partial charge < -0.3 is 14.2 Å². The van der Waals surface area contributed by atoms with Crippen molar-refractivity contribution in [2.24, 2.45) is 17.8 Å². The summed E-state index contributed by atoms with van der Waals surface area (Å²) in [5.41, 5.74) is 1.16. The number of ether oxygens (including phenoxy) is 3. The second-order valence-corrected chi connectivity index (χ2v) is 5.91. The largest absolute Gasteiger partial charge is 0.469 e. The molecule has 2 rings (SSSR count). The van der Waals surface area contributed by atoms with Crippen LogP contribution in [0, 0.1) is 17.8 Å². The molecule has 1 heterocycles. The van der Waals surface area contributed by atoms with Gasteiger partial charge in [-0.2, -0.15) is 0 Å². The topological polar surface area (TPSA) is 44.8 Å². The van der Waals surface area contributed by atoms with E-state index in [1.54, 1.807) is 6.08 Å². The fourth-order valence-electron chi connectivity index (χ4n) is 3.68. The van der Waals surface area contributed by atoms with Gasteiger partial charge in [-0.25, -0.2) is 0 Å². The summed E-state index contributed by atoms with van der Waals surface area (Å²) in [5, 5.41) is 0. The van der Waals surface area contributed by atoms with Crippen LogP contribution in [0.1, 0.15) is 32.6 Å². The Hall–Kier alpha value is -1.13. The van der Waals surface area contributed by atoms with Crippen molar-refractivity contribution in [2.75, 3.05) is 20.3 Å². The Balaban J connectivity index is 2.24. The molecule has 0 aromatic heterocycles. The van der Waals surface area contributed by atoms with E-state index in [1.807, 2.05) is 0 Å². The third-order valence-electron chi connectivity index (χ3n) is 4.88. The smallest absolute Gasteiger partial charge is 0.312 e. The van der Waals surface area contributed by atoms with Crippen LogP contribution in [-0.2, 0) is 19.0 Å². The van der Waals surface area contributed by atoms with Gasteiger partial charge in [0.25, 0.3) is 0 Å². The van der Waals surface area contributed by atoms with Gasteiger partial charge in [0.05, 0.1) is 26.2 Å². The summed E-state index contributed by atoms with van der Waals surface area (Å²) in [5.74, 6) is -0.808. The number of rotatable bonds is 6. The quantitative estimate of drug-likeness (QED) is 0.558. The molecule has 0 radical (unpaired) electrons. The lowest BCUT2D eigenvalue weighted by molar-refractivity contribution is -0.188. The maximum Gasteiger partial charge on any atom is 0.312 e. The number of carbonyl (C=O) groups is 1. The molecule has 4 heteroatoms. The van der Waals surface area contributed by atoms with Crippen LogP contribution in [0.15, 0.2) is 24.8 Å². The number of carbonyl (C=O) groups excluding carboxylic acids is 1. The van der Waals surface area contributed by atoms with E-state index in [1.165, 1.54) is 7.11 Å². The van der Waals surface area contributed by atoms with Crippen LogP contribution in [-0.4, -0.2) is 32.1 Å². The van der Waals surface area contributed by atoms with Gasteiger partial charge in [-0.05, 0) is 25.2 Å². The van der Waals surface area contributed by atoms with Crippen molar-refractivity contribution in [3.05, 3.63) is 24.8 Å². The SMILES string of the molecule is C=CC(C(=O)OC)[C@H]1CCC2(OCCO2)[C@@H]1CC(=C)CC. The Bertz CT molecular complexity index is 409. The lowest BCUT2D eigenvalue weighted by Crippen LogP contribution is -2.39. The highest BCUT2D eigenvalue weighted by atomic mass is 16.7. The molecule has 0 N–H and O–H groups in total. The fourth-order valence-corrected chi connectivity index (χ4v) is 3.68. The minimum absolute atomic E-state index is 0.134. The molecule has 1 spiro atoms. The zero-order valence-electron chi connectivity index (χ0n) is 13.1.